The van der Waals surface area contributed by atoms with Gasteiger partial charge in [0.25, 0.3) is 11.8 Å². The van der Waals surface area contributed by atoms with Gasteiger partial charge in [-0.2, -0.15) is 0 Å². The fourth-order valence-corrected chi connectivity index (χ4v) is 9.91. The average molecular weight is 795 g/mol. The van der Waals surface area contributed by atoms with Crippen LogP contribution in [0.2, 0.25) is 0 Å². The summed E-state index contributed by atoms with van der Waals surface area (Å²) < 4.78 is 2.03. The molecule has 254 valence electrons. The van der Waals surface area contributed by atoms with Crippen molar-refractivity contribution in [1.29, 1.82) is 0 Å². The fourth-order valence-electron chi connectivity index (χ4n) is 7.02. The minimum atomic E-state index is 0.00741. The molecule has 2 aromatic heterocycles. The summed E-state index contributed by atoms with van der Waals surface area (Å²) in [5.74, 6) is 0.860. The molecule has 2 amide bonds. The van der Waals surface area contributed by atoms with Crippen LogP contribution < -0.4 is 0 Å². The summed E-state index contributed by atoms with van der Waals surface area (Å²) in [6.07, 6.45) is 19.0. The summed E-state index contributed by atoms with van der Waals surface area (Å²) >= 11 is 10.6. The Labute approximate surface area is 303 Å². The number of halogens is 2. The molecule has 0 radical (unpaired) electrons. The van der Waals surface area contributed by atoms with Gasteiger partial charge in [0.15, 0.2) is 0 Å². The zero-order valence-corrected chi connectivity index (χ0v) is 33.3. The molecule has 2 aliphatic rings. The van der Waals surface area contributed by atoms with Crippen molar-refractivity contribution in [3.05, 3.63) is 52.7 Å². The summed E-state index contributed by atoms with van der Waals surface area (Å²) in [6, 6.07) is 8.25. The molecular weight excluding hydrogens is 740 g/mol. The first-order valence-electron chi connectivity index (χ1n) is 18.0. The van der Waals surface area contributed by atoms with Crippen LogP contribution in [0, 0.1) is 11.8 Å². The maximum absolute atomic E-state index is 14.8. The molecule has 2 unspecified atom stereocenters. The van der Waals surface area contributed by atoms with Crippen LogP contribution in [-0.4, -0.2) is 34.7 Å². The molecule has 0 saturated carbocycles. The van der Waals surface area contributed by atoms with Crippen molar-refractivity contribution in [2.24, 2.45) is 11.8 Å². The Morgan fingerprint density at radius 2 is 0.913 bits per heavy atom. The zero-order valence-electron chi connectivity index (χ0n) is 28.5. The maximum atomic E-state index is 14.8. The van der Waals surface area contributed by atoms with Crippen molar-refractivity contribution in [3.8, 4) is 0 Å². The number of thiophene rings is 2. The summed E-state index contributed by atoms with van der Waals surface area (Å²) in [5, 5.41) is 0. The first-order valence-corrected chi connectivity index (χ1v) is 21.2. The minimum Gasteiger partial charge on any atom is -0.306 e. The number of amides is 2. The van der Waals surface area contributed by atoms with Gasteiger partial charge in [0, 0.05) is 13.1 Å². The second-order valence-corrected chi connectivity index (χ2v) is 18.1. The van der Waals surface area contributed by atoms with Crippen LogP contribution >= 0.6 is 54.5 Å². The quantitative estimate of drug-likeness (QED) is 0.111. The van der Waals surface area contributed by atoms with Gasteiger partial charge in [-0.1, -0.05) is 105 Å². The molecule has 0 aliphatic carbocycles. The molecule has 0 fully saturated rings. The molecule has 4 heterocycles. The monoisotopic (exact) mass is 792 g/mol. The molecule has 2 aromatic rings. The smallest absolute Gasteiger partial charge is 0.261 e. The number of nitrogens with zero attached hydrogens (tertiary/aromatic N) is 2. The van der Waals surface area contributed by atoms with Gasteiger partial charge < -0.3 is 9.80 Å². The topological polar surface area (TPSA) is 40.6 Å². The lowest BCUT2D eigenvalue weighted by Gasteiger charge is -2.29. The number of hydrogen-bond donors (Lipinski definition) is 0. The highest BCUT2D eigenvalue weighted by Gasteiger charge is 2.50. The molecule has 4 nitrogen and oxygen atoms in total. The van der Waals surface area contributed by atoms with Gasteiger partial charge in [-0.15, -0.1) is 22.7 Å². The van der Waals surface area contributed by atoms with Gasteiger partial charge in [-0.25, -0.2) is 0 Å². The number of carbonyl (C=O) groups excluding carboxylic acids is 2. The van der Waals surface area contributed by atoms with Gasteiger partial charge in [0.1, 0.15) is 0 Å². The molecule has 0 bridgehead atoms. The molecule has 0 aromatic carbocycles. The van der Waals surface area contributed by atoms with Crippen molar-refractivity contribution >= 4 is 77.7 Å². The number of unbranched alkanes of at least 4 members (excludes halogenated alkanes) is 8. The van der Waals surface area contributed by atoms with Crippen molar-refractivity contribution in [2.45, 2.75) is 130 Å². The van der Waals surface area contributed by atoms with Gasteiger partial charge in [-0.3, -0.25) is 9.59 Å². The first-order chi connectivity index (χ1) is 22.3. The third kappa shape index (κ3) is 9.47. The van der Waals surface area contributed by atoms with E-state index in [1.807, 2.05) is 21.9 Å². The van der Waals surface area contributed by atoms with Crippen LogP contribution in [0.1, 0.15) is 140 Å². The fraction of sp³-hybridized carbons (Fsp3) is 0.632. The van der Waals surface area contributed by atoms with Crippen LogP contribution in [0.5, 0.6) is 0 Å². The lowest BCUT2D eigenvalue weighted by molar-refractivity contribution is -0.124. The van der Waals surface area contributed by atoms with E-state index in [1.54, 1.807) is 22.7 Å². The van der Waals surface area contributed by atoms with Crippen molar-refractivity contribution in [3.63, 3.8) is 0 Å². The first kappa shape index (κ1) is 37.6. The second-order valence-electron chi connectivity index (χ2n) is 13.2. The van der Waals surface area contributed by atoms with E-state index in [1.165, 1.54) is 51.4 Å². The average Bonchev–Trinajstić information content (AvgIpc) is 3.80. The van der Waals surface area contributed by atoms with E-state index in [0.717, 1.165) is 80.1 Å². The Bertz CT molecular complexity index is 1260. The van der Waals surface area contributed by atoms with Crippen LogP contribution in [0.25, 0.3) is 11.4 Å². The molecule has 46 heavy (non-hydrogen) atoms. The number of carbonyl (C=O) groups is 2. The summed E-state index contributed by atoms with van der Waals surface area (Å²) in [6.45, 7) is 10.4. The molecule has 0 N–H and O–H groups in total. The highest BCUT2D eigenvalue weighted by Crippen LogP contribution is 2.50. The molecule has 8 heteroatoms. The highest BCUT2D eigenvalue weighted by atomic mass is 79.9. The number of fused-ring (bicyclic) bond motifs is 1. The predicted molar refractivity (Wildman–Crippen MR) is 205 cm³/mol. The van der Waals surface area contributed by atoms with E-state index in [2.05, 4.69) is 71.7 Å². The van der Waals surface area contributed by atoms with Gasteiger partial charge in [-0.05, 0) is 93.6 Å². The summed E-state index contributed by atoms with van der Waals surface area (Å²) in [7, 11) is 0. The van der Waals surface area contributed by atoms with E-state index in [-0.39, 0.29) is 11.8 Å². The predicted octanol–water partition coefficient (Wildman–Crippen LogP) is 12.7. The van der Waals surface area contributed by atoms with E-state index >= 15 is 0 Å². The van der Waals surface area contributed by atoms with Gasteiger partial charge in [0.2, 0.25) is 0 Å². The third-order valence-electron chi connectivity index (χ3n) is 9.54. The maximum Gasteiger partial charge on any atom is 0.261 e. The molecule has 2 atom stereocenters. The summed E-state index contributed by atoms with van der Waals surface area (Å²) in [5.41, 5.74) is 2.91. The van der Waals surface area contributed by atoms with Crippen LogP contribution in [0.4, 0.5) is 0 Å². The molecule has 4 rings (SSSR count). The third-order valence-corrected chi connectivity index (χ3v) is 12.8. The molecular formula is C38H54Br2N2O2S2. The minimum absolute atomic E-state index is 0.00741. The Kier molecular flexibility index (Phi) is 15.6. The number of rotatable bonds is 22. The summed E-state index contributed by atoms with van der Waals surface area (Å²) in [4.78, 5) is 35.5. The van der Waals surface area contributed by atoms with Crippen molar-refractivity contribution < 1.29 is 9.59 Å². The van der Waals surface area contributed by atoms with E-state index < -0.39 is 0 Å². The lowest BCUT2D eigenvalue weighted by Crippen LogP contribution is -2.34. The van der Waals surface area contributed by atoms with E-state index in [4.69, 9.17) is 0 Å². The van der Waals surface area contributed by atoms with E-state index in [9.17, 15) is 9.59 Å². The Morgan fingerprint density at radius 3 is 1.24 bits per heavy atom. The molecule has 2 aliphatic heterocycles. The lowest BCUT2D eigenvalue weighted by atomic mass is 9.94. The largest absolute Gasteiger partial charge is 0.306 e. The van der Waals surface area contributed by atoms with Crippen LogP contribution in [0.3, 0.4) is 0 Å². The SMILES string of the molecule is CCCCCCC(CCCC)CN1C(=O)C2=C(c3ccc(Br)s3)N(CC(CCCC)CCCCCC)C(=O)C2=C1c1ccc(Br)s1. The second kappa shape index (κ2) is 19.1. The normalized spacial score (nSPS) is 16.4. The van der Waals surface area contributed by atoms with Crippen LogP contribution in [-0.2, 0) is 9.59 Å². The highest BCUT2D eigenvalue weighted by molar-refractivity contribution is 9.11. The van der Waals surface area contributed by atoms with E-state index in [0.29, 0.717) is 36.1 Å². The van der Waals surface area contributed by atoms with Gasteiger partial charge in [0.05, 0.1) is 39.9 Å². The molecule has 0 saturated heterocycles. The van der Waals surface area contributed by atoms with Crippen molar-refractivity contribution in [1.82, 2.24) is 9.80 Å². The Balaban J connectivity index is 1.77. The number of hydrogen-bond acceptors (Lipinski definition) is 4. The zero-order chi connectivity index (χ0) is 33.1. The Morgan fingerprint density at radius 1 is 0.543 bits per heavy atom. The van der Waals surface area contributed by atoms with Crippen molar-refractivity contribution in [2.75, 3.05) is 13.1 Å². The van der Waals surface area contributed by atoms with Crippen LogP contribution in [0.15, 0.2) is 43.0 Å². The van der Waals surface area contributed by atoms with Gasteiger partial charge >= 0.3 is 0 Å². The standard InChI is InChI=1S/C38H54Br2N2O2S2/c1-5-9-13-15-19-27(17-11-7-3)25-41-35(29-21-23-31(39)45-29)33-34(37(41)43)36(30-22-24-32(40)46-30)42(38(33)44)26-28(18-12-8-4)20-16-14-10-6-2/h21-24,27-28H,5-20,25-26H2,1-4H3. The molecule has 0 spiro atoms. The Hall–Kier alpha value is -1.22.